The van der Waals surface area contributed by atoms with E-state index in [0.29, 0.717) is 34.3 Å². The highest BCUT2D eigenvalue weighted by atomic mass is 32.2. The molecule has 1 amide bonds. The molecule has 5 rings (SSSR count). The molecule has 0 unspecified atom stereocenters. The Labute approximate surface area is 237 Å². The molecule has 204 valence electrons. The normalized spacial score (nSPS) is 11.6. The summed E-state index contributed by atoms with van der Waals surface area (Å²) in [4.78, 5) is 24.7. The monoisotopic (exact) mass is 572 g/mol. The highest BCUT2D eigenvalue weighted by Crippen LogP contribution is 2.35. The summed E-state index contributed by atoms with van der Waals surface area (Å²) in [6, 6.07) is 26.6. The number of pyridine rings is 1. The highest BCUT2D eigenvalue weighted by Gasteiger charge is 2.25. The van der Waals surface area contributed by atoms with Gasteiger partial charge in [0, 0.05) is 25.4 Å². The van der Waals surface area contributed by atoms with Crippen LogP contribution in [0.2, 0.25) is 0 Å². The van der Waals surface area contributed by atoms with Gasteiger partial charge in [0.15, 0.2) is 5.13 Å². The van der Waals surface area contributed by atoms with Crippen molar-refractivity contribution in [3.05, 3.63) is 114 Å². The Morgan fingerprint density at radius 1 is 0.900 bits per heavy atom. The molecule has 0 N–H and O–H groups in total. The van der Waals surface area contributed by atoms with E-state index in [-0.39, 0.29) is 23.9 Å². The van der Waals surface area contributed by atoms with E-state index in [1.54, 1.807) is 18.1 Å². The molecular weight excluding hydrogens is 544 g/mol. The van der Waals surface area contributed by atoms with Gasteiger partial charge in [0.2, 0.25) is 10.0 Å². The molecule has 5 aromatic rings. The lowest BCUT2D eigenvalue weighted by Crippen LogP contribution is -2.31. The van der Waals surface area contributed by atoms with Crippen molar-refractivity contribution in [2.45, 2.75) is 24.9 Å². The van der Waals surface area contributed by atoms with E-state index in [0.717, 1.165) is 10.3 Å². The second-order valence-electron chi connectivity index (χ2n) is 9.02. The van der Waals surface area contributed by atoms with Crippen LogP contribution in [-0.2, 0) is 23.1 Å². The zero-order valence-electron chi connectivity index (χ0n) is 22.1. The molecule has 0 saturated heterocycles. The highest BCUT2D eigenvalue weighted by molar-refractivity contribution is 7.89. The minimum Gasteiger partial charge on any atom is -0.492 e. The van der Waals surface area contributed by atoms with Crippen LogP contribution in [0.15, 0.2) is 102 Å². The van der Waals surface area contributed by atoms with Gasteiger partial charge in [-0.05, 0) is 61.0 Å². The predicted molar refractivity (Wildman–Crippen MR) is 157 cm³/mol. The SMILES string of the molecule is CCOc1cccc2sc(N(Cc3ccccn3)C(=O)c3ccc(S(=O)(=O)N(C)Cc4ccccc4)cc3)nc12. The van der Waals surface area contributed by atoms with Crippen LogP contribution in [0.1, 0.15) is 28.5 Å². The van der Waals surface area contributed by atoms with E-state index in [1.807, 2.05) is 73.7 Å². The number of anilines is 1. The molecule has 2 heterocycles. The molecule has 0 fully saturated rings. The van der Waals surface area contributed by atoms with Gasteiger partial charge in [0.1, 0.15) is 11.3 Å². The van der Waals surface area contributed by atoms with Gasteiger partial charge in [-0.3, -0.25) is 14.7 Å². The van der Waals surface area contributed by atoms with E-state index < -0.39 is 10.0 Å². The van der Waals surface area contributed by atoms with Gasteiger partial charge in [-0.15, -0.1) is 0 Å². The standard InChI is InChI=1S/C30H28N4O4S2/c1-3-38-26-13-9-14-27-28(26)32-30(39-27)34(21-24-12-7-8-19-31-24)29(35)23-15-17-25(18-16-23)40(36,37)33(2)20-22-10-5-4-6-11-22/h4-19H,3,20-21H2,1-2H3. The minimum atomic E-state index is -3.75. The van der Waals surface area contributed by atoms with Crippen molar-refractivity contribution in [2.75, 3.05) is 18.6 Å². The topological polar surface area (TPSA) is 92.7 Å². The van der Waals surface area contributed by atoms with Crippen molar-refractivity contribution in [1.82, 2.24) is 14.3 Å². The van der Waals surface area contributed by atoms with Crippen LogP contribution >= 0.6 is 11.3 Å². The van der Waals surface area contributed by atoms with Gasteiger partial charge in [0.05, 0.1) is 28.4 Å². The number of nitrogens with zero attached hydrogens (tertiary/aromatic N) is 4. The first-order valence-electron chi connectivity index (χ1n) is 12.7. The maximum absolute atomic E-state index is 13.8. The Kier molecular flexibility index (Phi) is 8.20. The molecule has 3 aromatic carbocycles. The first-order chi connectivity index (χ1) is 19.4. The predicted octanol–water partition coefficient (Wildman–Crippen LogP) is 5.76. The van der Waals surface area contributed by atoms with Crippen molar-refractivity contribution in [3.8, 4) is 5.75 Å². The lowest BCUT2D eigenvalue weighted by molar-refractivity contribution is 0.0984. The molecule has 0 spiro atoms. The Hall–Kier alpha value is -4.12. The summed E-state index contributed by atoms with van der Waals surface area (Å²) in [6.07, 6.45) is 1.68. The molecule has 0 aliphatic carbocycles. The molecule has 0 aliphatic rings. The van der Waals surface area contributed by atoms with Crippen molar-refractivity contribution in [3.63, 3.8) is 0 Å². The third kappa shape index (κ3) is 5.89. The molecular formula is C30H28N4O4S2. The quantitative estimate of drug-likeness (QED) is 0.211. The number of fused-ring (bicyclic) bond motifs is 1. The van der Waals surface area contributed by atoms with Gasteiger partial charge in [0.25, 0.3) is 5.91 Å². The Balaban J connectivity index is 1.45. The van der Waals surface area contributed by atoms with E-state index in [2.05, 4.69) is 4.98 Å². The fourth-order valence-corrected chi connectivity index (χ4v) is 6.35. The largest absolute Gasteiger partial charge is 0.492 e. The molecule has 0 aliphatic heterocycles. The zero-order chi connectivity index (χ0) is 28.1. The average Bonchev–Trinajstić information content (AvgIpc) is 3.42. The number of thiazole rings is 1. The number of sulfonamides is 1. The maximum atomic E-state index is 13.8. The molecule has 8 nitrogen and oxygen atoms in total. The molecule has 0 saturated carbocycles. The van der Waals surface area contributed by atoms with Crippen LogP contribution in [0.4, 0.5) is 5.13 Å². The first-order valence-corrected chi connectivity index (χ1v) is 15.0. The van der Waals surface area contributed by atoms with Crippen LogP contribution in [-0.4, -0.2) is 42.3 Å². The van der Waals surface area contributed by atoms with Gasteiger partial charge in [-0.25, -0.2) is 13.4 Å². The summed E-state index contributed by atoms with van der Waals surface area (Å²) in [5, 5.41) is 0.497. The zero-order valence-corrected chi connectivity index (χ0v) is 23.7. The Morgan fingerprint density at radius 2 is 1.65 bits per heavy atom. The summed E-state index contributed by atoms with van der Waals surface area (Å²) in [7, 11) is -2.21. The number of ether oxygens (including phenoxy) is 1. The van der Waals surface area contributed by atoms with Gasteiger partial charge < -0.3 is 4.74 Å². The molecule has 0 radical (unpaired) electrons. The van der Waals surface area contributed by atoms with Gasteiger partial charge in [-0.2, -0.15) is 4.31 Å². The van der Waals surface area contributed by atoms with E-state index in [1.165, 1.54) is 39.9 Å². The summed E-state index contributed by atoms with van der Waals surface area (Å²) in [6.45, 7) is 2.84. The maximum Gasteiger partial charge on any atom is 0.260 e. The van der Waals surface area contributed by atoms with Gasteiger partial charge >= 0.3 is 0 Å². The van der Waals surface area contributed by atoms with E-state index in [9.17, 15) is 13.2 Å². The number of aromatic nitrogens is 2. The average molecular weight is 573 g/mol. The number of hydrogen-bond acceptors (Lipinski definition) is 7. The molecule has 40 heavy (non-hydrogen) atoms. The Bertz CT molecular complexity index is 1710. The van der Waals surface area contributed by atoms with Crippen LogP contribution in [0.5, 0.6) is 5.75 Å². The van der Waals surface area contributed by atoms with Crippen LogP contribution in [0.25, 0.3) is 10.2 Å². The lowest BCUT2D eigenvalue weighted by Gasteiger charge is -2.20. The lowest BCUT2D eigenvalue weighted by atomic mass is 10.2. The number of hydrogen-bond donors (Lipinski definition) is 0. The number of para-hydroxylation sites is 1. The first kappa shape index (κ1) is 27.4. The summed E-state index contributed by atoms with van der Waals surface area (Å²) in [5.41, 5.74) is 2.60. The molecule has 10 heteroatoms. The van der Waals surface area contributed by atoms with Crippen molar-refractivity contribution >= 4 is 42.6 Å². The second kappa shape index (κ2) is 12.0. The number of amides is 1. The number of carbonyl (C=O) groups excluding carboxylic acids is 1. The smallest absolute Gasteiger partial charge is 0.260 e. The van der Waals surface area contributed by atoms with E-state index >= 15 is 0 Å². The number of rotatable bonds is 10. The fraction of sp³-hybridized carbons (Fsp3) is 0.167. The summed E-state index contributed by atoms with van der Waals surface area (Å²) < 4.78 is 34.3. The van der Waals surface area contributed by atoms with Crippen LogP contribution < -0.4 is 9.64 Å². The Morgan fingerprint density at radius 3 is 2.35 bits per heavy atom. The summed E-state index contributed by atoms with van der Waals surface area (Å²) in [5.74, 6) is 0.339. The van der Waals surface area contributed by atoms with Gasteiger partial charge in [-0.1, -0.05) is 53.8 Å². The molecule has 0 bridgehead atoms. The third-order valence-corrected chi connectivity index (χ3v) is 9.11. The minimum absolute atomic E-state index is 0.111. The summed E-state index contributed by atoms with van der Waals surface area (Å²) >= 11 is 1.38. The third-order valence-electron chi connectivity index (χ3n) is 6.25. The van der Waals surface area contributed by atoms with Crippen molar-refractivity contribution < 1.29 is 17.9 Å². The fourth-order valence-electron chi connectivity index (χ4n) is 4.21. The molecule has 0 atom stereocenters. The van der Waals surface area contributed by atoms with Crippen LogP contribution in [0.3, 0.4) is 0 Å². The van der Waals surface area contributed by atoms with Crippen molar-refractivity contribution in [1.29, 1.82) is 0 Å². The second-order valence-corrected chi connectivity index (χ2v) is 12.1. The molecule has 2 aromatic heterocycles. The number of carbonyl (C=O) groups is 1. The number of benzene rings is 3. The van der Waals surface area contributed by atoms with Crippen LogP contribution in [0, 0.1) is 0 Å². The van der Waals surface area contributed by atoms with E-state index in [4.69, 9.17) is 9.72 Å². The van der Waals surface area contributed by atoms with Crippen molar-refractivity contribution in [2.24, 2.45) is 0 Å².